The molecule has 2 aliphatic rings. The number of nitrogens with zero attached hydrogens (tertiary/aromatic N) is 1. The minimum atomic E-state index is -0.770. The number of hydrogen-bond donors (Lipinski definition) is 0. The molecule has 2 aliphatic heterocycles. The maximum Gasteiger partial charge on any atom is 0.411 e. The Morgan fingerprint density at radius 2 is 2.15 bits per heavy atom. The van der Waals surface area contributed by atoms with E-state index < -0.39 is 11.6 Å². The molecule has 1 aromatic carbocycles. The van der Waals surface area contributed by atoms with E-state index >= 15 is 0 Å². The highest BCUT2D eigenvalue weighted by molar-refractivity contribution is 5.95. The van der Waals surface area contributed by atoms with Crippen molar-refractivity contribution in [2.24, 2.45) is 0 Å². The summed E-state index contributed by atoms with van der Waals surface area (Å²) in [7, 11) is 0. The predicted octanol–water partition coefficient (Wildman–Crippen LogP) is 1.76. The van der Waals surface area contributed by atoms with Gasteiger partial charge in [-0.2, -0.15) is 0 Å². The standard InChI is InChI=1S/C15H17NO4/c17-13-6-8-16(15(13)7-9-19-11-15)14(18)20-10-12-4-2-1-3-5-12/h1-5H,6-11H2. The highest BCUT2D eigenvalue weighted by Gasteiger charge is 2.53. The summed E-state index contributed by atoms with van der Waals surface area (Å²) in [6.07, 6.45) is 0.543. The molecule has 1 amide bonds. The number of ketones is 1. The lowest BCUT2D eigenvalue weighted by molar-refractivity contribution is -0.124. The molecule has 2 heterocycles. The van der Waals surface area contributed by atoms with E-state index in [0.29, 0.717) is 32.6 Å². The Labute approximate surface area is 117 Å². The van der Waals surface area contributed by atoms with E-state index in [0.717, 1.165) is 5.56 Å². The monoisotopic (exact) mass is 275 g/mol. The smallest absolute Gasteiger partial charge is 0.411 e. The number of rotatable bonds is 2. The predicted molar refractivity (Wildman–Crippen MR) is 71.1 cm³/mol. The van der Waals surface area contributed by atoms with E-state index in [2.05, 4.69) is 0 Å². The third kappa shape index (κ3) is 2.18. The van der Waals surface area contributed by atoms with Gasteiger partial charge in [0.15, 0.2) is 5.78 Å². The second kappa shape index (κ2) is 5.25. The molecule has 5 heteroatoms. The van der Waals surface area contributed by atoms with Crippen LogP contribution in [0, 0.1) is 0 Å². The molecule has 2 fully saturated rings. The van der Waals surface area contributed by atoms with Gasteiger partial charge in [0.2, 0.25) is 0 Å². The highest BCUT2D eigenvalue weighted by Crippen LogP contribution is 2.34. The van der Waals surface area contributed by atoms with Crippen LogP contribution >= 0.6 is 0 Å². The molecule has 106 valence electrons. The molecule has 0 saturated carbocycles. The van der Waals surface area contributed by atoms with E-state index in [1.165, 1.54) is 0 Å². The van der Waals surface area contributed by atoms with Crippen LogP contribution in [0.15, 0.2) is 30.3 Å². The van der Waals surface area contributed by atoms with Crippen LogP contribution in [0.3, 0.4) is 0 Å². The van der Waals surface area contributed by atoms with Crippen molar-refractivity contribution in [3.05, 3.63) is 35.9 Å². The summed E-state index contributed by atoms with van der Waals surface area (Å²) in [5, 5.41) is 0. The summed E-state index contributed by atoms with van der Waals surface area (Å²) < 4.78 is 10.7. The molecule has 1 spiro atoms. The van der Waals surface area contributed by atoms with Crippen LogP contribution in [-0.2, 0) is 20.9 Å². The zero-order chi connectivity index (χ0) is 14.0. The molecule has 0 N–H and O–H groups in total. The first kappa shape index (κ1) is 13.1. The molecule has 1 atom stereocenters. The average molecular weight is 275 g/mol. The molecule has 0 bridgehead atoms. The van der Waals surface area contributed by atoms with E-state index in [4.69, 9.17) is 9.47 Å². The number of likely N-dealkylation sites (tertiary alicyclic amines) is 1. The van der Waals surface area contributed by atoms with Crippen LogP contribution in [0.1, 0.15) is 18.4 Å². The fourth-order valence-electron chi connectivity index (χ4n) is 2.86. The fourth-order valence-corrected chi connectivity index (χ4v) is 2.86. The highest BCUT2D eigenvalue weighted by atomic mass is 16.6. The quantitative estimate of drug-likeness (QED) is 0.825. The van der Waals surface area contributed by atoms with Gasteiger partial charge in [-0.05, 0) is 5.56 Å². The summed E-state index contributed by atoms with van der Waals surface area (Å²) in [5.74, 6) is 0.0895. The molecule has 0 radical (unpaired) electrons. The van der Waals surface area contributed by atoms with Crippen LogP contribution in [-0.4, -0.2) is 42.1 Å². The third-order valence-electron chi connectivity index (χ3n) is 4.02. The molecular formula is C15H17NO4. The Kier molecular flexibility index (Phi) is 3.44. The van der Waals surface area contributed by atoms with E-state index in [1.54, 1.807) is 4.90 Å². The van der Waals surface area contributed by atoms with Crippen molar-refractivity contribution in [1.82, 2.24) is 4.90 Å². The summed E-state index contributed by atoms with van der Waals surface area (Å²) in [4.78, 5) is 25.8. The minimum absolute atomic E-state index is 0.0895. The minimum Gasteiger partial charge on any atom is -0.445 e. The summed E-state index contributed by atoms with van der Waals surface area (Å²) >= 11 is 0. The summed E-state index contributed by atoms with van der Waals surface area (Å²) in [6.45, 7) is 1.47. The lowest BCUT2D eigenvalue weighted by Gasteiger charge is -2.31. The van der Waals surface area contributed by atoms with E-state index in [-0.39, 0.29) is 12.4 Å². The maximum absolute atomic E-state index is 12.2. The maximum atomic E-state index is 12.2. The second-order valence-corrected chi connectivity index (χ2v) is 5.20. The number of carbonyl (C=O) groups is 2. The van der Waals surface area contributed by atoms with Gasteiger partial charge < -0.3 is 9.47 Å². The Hall–Kier alpha value is -1.88. The molecule has 2 saturated heterocycles. The molecular weight excluding hydrogens is 258 g/mol. The molecule has 1 aromatic rings. The lowest BCUT2D eigenvalue weighted by Crippen LogP contribution is -2.51. The van der Waals surface area contributed by atoms with E-state index in [1.807, 2.05) is 30.3 Å². The van der Waals surface area contributed by atoms with Crippen molar-refractivity contribution in [1.29, 1.82) is 0 Å². The first-order valence-electron chi connectivity index (χ1n) is 6.82. The molecule has 20 heavy (non-hydrogen) atoms. The largest absolute Gasteiger partial charge is 0.445 e. The Morgan fingerprint density at radius 3 is 2.85 bits per heavy atom. The number of ether oxygens (including phenoxy) is 2. The van der Waals surface area contributed by atoms with Gasteiger partial charge in [-0.25, -0.2) is 4.79 Å². The summed E-state index contributed by atoms with van der Waals surface area (Å²) in [6, 6.07) is 9.51. The normalized spacial score (nSPS) is 25.4. The van der Waals surface area contributed by atoms with Crippen LogP contribution < -0.4 is 0 Å². The molecule has 5 nitrogen and oxygen atoms in total. The second-order valence-electron chi connectivity index (χ2n) is 5.20. The number of benzene rings is 1. The average Bonchev–Trinajstić information content (AvgIpc) is 3.08. The van der Waals surface area contributed by atoms with Gasteiger partial charge >= 0.3 is 6.09 Å². The van der Waals surface area contributed by atoms with Gasteiger partial charge in [-0.15, -0.1) is 0 Å². The van der Waals surface area contributed by atoms with Crippen molar-refractivity contribution in [2.45, 2.75) is 25.0 Å². The van der Waals surface area contributed by atoms with Crippen molar-refractivity contribution in [2.75, 3.05) is 19.8 Å². The fraction of sp³-hybridized carbons (Fsp3) is 0.467. The van der Waals surface area contributed by atoms with Gasteiger partial charge in [0.05, 0.1) is 6.61 Å². The van der Waals surface area contributed by atoms with E-state index in [9.17, 15) is 9.59 Å². The van der Waals surface area contributed by atoms with Gasteiger partial charge in [-0.3, -0.25) is 9.69 Å². The van der Waals surface area contributed by atoms with Gasteiger partial charge in [0, 0.05) is 26.0 Å². The SMILES string of the molecule is O=C(OCc1ccccc1)N1CCC(=O)C12CCOC2. The zero-order valence-corrected chi connectivity index (χ0v) is 11.2. The van der Waals surface area contributed by atoms with Crippen molar-refractivity contribution in [3.63, 3.8) is 0 Å². The van der Waals surface area contributed by atoms with Crippen molar-refractivity contribution < 1.29 is 19.1 Å². The number of carbonyl (C=O) groups excluding carboxylic acids is 2. The Morgan fingerprint density at radius 1 is 1.35 bits per heavy atom. The number of Topliss-reactive ketones (excluding diaryl/α,β-unsaturated/α-hetero) is 1. The van der Waals surface area contributed by atoms with Crippen LogP contribution in [0.4, 0.5) is 4.79 Å². The van der Waals surface area contributed by atoms with Gasteiger partial charge in [-0.1, -0.05) is 30.3 Å². The lowest BCUT2D eigenvalue weighted by atomic mass is 9.94. The van der Waals surface area contributed by atoms with Crippen LogP contribution in [0.5, 0.6) is 0 Å². The number of amides is 1. The molecule has 0 aliphatic carbocycles. The molecule has 1 unspecified atom stereocenters. The Balaban J connectivity index is 1.66. The topological polar surface area (TPSA) is 55.8 Å². The van der Waals surface area contributed by atoms with Crippen molar-refractivity contribution >= 4 is 11.9 Å². The number of hydrogen-bond acceptors (Lipinski definition) is 4. The third-order valence-corrected chi connectivity index (χ3v) is 4.02. The molecule has 0 aromatic heterocycles. The first-order valence-corrected chi connectivity index (χ1v) is 6.82. The van der Waals surface area contributed by atoms with Gasteiger partial charge in [0.1, 0.15) is 12.1 Å². The Bertz CT molecular complexity index is 508. The first-order chi connectivity index (χ1) is 9.72. The van der Waals surface area contributed by atoms with Crippen LogP contribution in [0.2, 0.25) is 0 Å². The molecule has 3 rings (SSSR count). The van der Waals surface area contributed by atoms with Crippen LogP contribution in [0.25, 0.3) is 0 Å². The van der Waals surface area contributed by atoms with Crippen molar-refractivity contribution in [3.8, 4) is 0 Å². The zero-order valence-electron chi connectivity index (χ0n) is 11.2. The summed E-state index contributed by atoms with van der Waals surface area (Å²) in [5.41, 5.74) is 0.163. The van der Waals surface area contributed by atoms with Gasteiger partial charge in [0.25, 0.3) is 0 Å².